The van der Waals surface area contributed by atoms with Gasteiger partial charge in [-0.15, -0.1) is 0 Å². The summed E-state index contributed by atoms with van der Waals surface area (Å²) < 4.78 is 2.35. The Bertz CT molecular complexity index is 330. The van der Waals surface area contributed by atoms with E-state index < -0.39 is 0 Å². The zero-order chi connectivity index (χ0) is 10.8. The highest BCUT2D eigenvalue weighted by molar-refractivity contribution is 5.16. The van der Waals surface area contributed by atoms with E-state index in [1.807, 2.05) is 6.33 Å². The first-order valence-electron chi connectivity index (χ1n) is 5.97. The maximum atomic E-state index is 5.66. The van der Waals surface area contributed by atoms with Crippen molar-refractivity contribution in [2.24, 2.45) is 11.7 Å². The topological polar surface area (TPSA) is 43.8 Å². The Morgan fingerprint density at radius 3 is 3.20 bits per heavy atom. The summed E-state index contributed by atoms with van der Waals surface area (Å²) in [6.07, 6.45) is 6.83. The molecule has 2 atom stereocenters. The summed E-state index contributed by atoms with van der Waals surface area (Å²) in [7, 11) is 0. The summed E-state index contributed by atoms with van der Waals surface area (Å²) in [6, 6.07) is 0.628. The molecule has 0 aliphatic carbocycles. The van der Waals surface area contributed by atoms with Gasteiger partial charge in [0.05, 0.1) is 12.0 Å². The van der Waals surface area contributed by atoms with Crippen molar-refractivity contribution in [1.82, 2.24) is 9.55 Å². The van der Waals surface area contributed by atoms with Gasteiger partial charge >= 0.3 is 0 Å². The molecule has 1 aromatic heterocycles. The van der Waals surface area contributed by atoms with Crippen LogP contribution >= 0.6 is 0 Å². The van der Waals surface area contributed by atoms with E-state index in [9.17, 15) is 0 Å². The number of nitrogens with zero attached hydrogens (tertiary/aromatic N) is 2. The van der Waals surface area contributed by atoms with Crippen LogP contribution in [-0.2, 0) is 12.8 Å². The Hall–Kier alpha value is -0.830. The van der Waals surface area contributed by atoms with Crippen LogP contribution in [0.2, 0.25) is 0 Å². The van der Waals surface area contributed by atoms with Gasteiger partial charge in [-0.25, -0.2) is 4.98 Å². The quantitative estimate of drug-likeness (QED) is 0.823. The third-order valence-electron chi connectivity index (χ3n) is 3.44. The van der Waals surface area contributed by atoms with Gasteiger partial charge in [-0.1, -0.05) is 6.92 Å². The fourth-order valence-corrected chi connectivity index (χ4v) is 2.37. The lowest BCUT2D eigenvalue weighted by molar-refractivity contribution is 0.428. The van der Waals surface area contributed by atoms with Gasteiger partial charge in [0.2, 0.25) is 0 Å². The van der Waals surface area contributed by atoms with Crippen molar-refractivity contribution in [3.63, 3.8) is 0 Å². The van der Waals surface area contributed by atoms with Crippen molar-refractivity contribution in [3.05, 3.63) is 17.7 Å². The van der Waals surface area contributed by atoms with Crippen LogP contribution in [-0.4, -0.2) is 16.1 Å². The summed E-state index contributed by atoms with van der Waals surface area (Å²) in [6.45, 7) is 5.22. The Morgan fingerprint density at radius 1 is 1.67 bits per heavy atom. The zero-order valence-electron chi connectivity index (χ0n) is 9.74. The molecule has 0 saturated heterocycles. The lowest BCUT2D eigenvalue weighted by Gasteiger charge is -2.22. The van der Waals surface area contributed by atoms with Gasteiger partial charge in [0.25, 0.3) is 0 Å². The average Bonchev–Trinajstić information content (AvgIpc) is 2.63. The summed E-state index contributed by atoms with van der Waals surface area (Å²) in [5.41, 5.74) is 8.39. The van der Waals surface area contributed by atoms with Crippen molar-refractivity contribution in [3.8, 4) is 0 Å². The van der Waals surface area contributed by atoms with Gasteiger partial charge in [-0.3, -0.25) is 0 Å². The van der Waals surface area contributed by atoms with Crippen molar-refractivity contribution >= 4 is 0 Å². The number of imidazole rings is 1. The van der Waals surface area contributed by atoms with Gasteiger partial charge in [-0.05, 0) is 45.1 Å². The number of hydrogen-bond donors (Lipinski definition) is 1. The third kappa shape index (κ3) is 2.07. The van der Waals surface area contributed by atoms with Gasteiger partial charge in [0.15, 0.2) is 0 Å². The van der Waals surface area contributed by atoms with Gasteiger partial charge in [-0.2, -0.15) is 0 Å². The van der Waals surface area contributed by atoms with Crippen LogP contribution in [0, 0.1) is 5.92 Å². The van der Waals surface area contributed by atoms with Crippen LogP contribution in [0.5, 0.6) is 0 Å². The van der Waals surface area contributed by atoms with E-state index in [0.717, 1.165) is 13.0 Å². The molecule has 3 nitrogen and oxygen atoms in total. The molecule has 1 aliphatic heterocycles. The Morgan fingerprint density at radius 2 is 2.47 bits per heavy atom. The summed E-state index contributed by atoms with van der Waals surface area (Å²) in [5, 5.41) is 0. The monoisotopic (exact) mass is 207 g/mol. The molecule has 0 radical (unpaired) electrons. The molecule has 0 spiro atoms. The van der Waals surface area contributed by atoms with Gasteiger partial charge < -0.3 is 10.3 Å². The highest BCUT2D eigenvalue weighted by Gasteiger charge is 2.20. The smallest absolute Gasteiger partial charge is 0.0954 e. The third-order valence-corrected chi connectivity index (χ3v) is 3.44. The molecular formula is C12H21N3. The second-order valence-corrected chi connectivity index (χ2v) is 4.83. The predicted molar refractivity (Wildman–Crippen MR) is 61.8 cm³/mol. The minimum Gasteiger partial charge on any atom is -0.332 e. The maximum absolute atomic E-state index is 5.66. The van der Waals surface area contributed by atoms with Gasteiger partial charge in [0.1, 0.15) is 0 Å². The Labute approximate surface area is 91.7 Å². The molecular weight excluding hydrogens is 186 g/mol. The summed E-state index contributed by atoms with van der Waals surface area (Å²) in [5.74, 6) is 0.543. The van der Waals surface area contributed by atoms with E-state index in [0.29, 0.717) is 12.0 Å². The highest BCUT2D eigenvalue weighted by atomic mass is 15.1. The molecule has 0 amide bonds. The molecule has 3 heteroatoms. The fourth-order valence-electron chi connectivity index (χ4n) is 2.37. The van der Waals surface area contributed by atoms with E-state index in [1.54, 1.807) is 0 Å². The fraction of sp³-hybridized carbons (Fsp3) is 0.750. The Balaban J connectivity index is 2.19. The minimum atomic E-state index is 0.543. The second kappa shape index (κ2) is 4.35. The predicted octanol–water partition coefficient (Wildman–Crippen LogP) is 1.92. The molecule has 2 N–H and O–H groups in total. The van der Waals surface area contributed by atoms with Crippen molar-refractivity contribution < 1.29 is 0 Å². The second-order valence-electron chi connectivity index (χ2n) is 4.83. The first kappa shape index (κ1) is 10.7. The number of nitrogens with two attached hydrogens (primary N) is 1. The molecule has 15 heavy (non-hydrogen) atoms. The molecule has 2 heterocycles. The lowest BCUT2D eigenvalue weighted by Crippen LogP contribution is -2.17. The average molecular weight is 207 g/mol. The summed E-state index contributed by atoms with van der Waals surface area (Å²) in [4.78, 5) is 4.54. The first-order valence-corrected chi connectivity index (χ1v) is 5.97. The van der Waals surface area contributed by atoms with Crippen LogP contribution < -0.4 is 5.73 Å². The van der Waals surface area contributed by atoms with E-state index in [1.165, 1.54) is 30.7 Å². The van der Waals surface area contributed by atoms with Crippen LogP contribution in [0.4, 0.5) is 0 Å². The molecule has 0 fully saturated rings. The van der Waals surface area contributed by atoms with Crippen molar-refractivity contribution in [1.29, 1.82) is 0 Å². The van der Waals surface area contributed by atoms with E-state index in [4.69, 9.17) is 5.73 Å². The minimum absolute atomic E-state index is 0.543. The van der Waals surface area contributed by atoms with Crippen LogP contribution in [0.3, 0.4) is 0 Å². The molecule has 1 aromatic rings. The SMILES string of the molecule is CC(CN)Cc1ncn2c1CCCC2C. The number of hydrogen-bond acceptors (Lipinski definition) is 2. The van der Waals surface area contributed by atoms with Crippen LogP contribution in [0.1, 0.15) is 44.1 Å². The lowest BCUT2D eigenvalue weighted by atomic mass is 9.98. The standard InChI is InChI=1S/C12H21N3/c1-9(7-13)6-11-12-5-3-4-10(2)15(12)8-14-11/h8-10H,3-7,13H2,1-2H3. The Kier molecular flexibility index (Phi) is 3.10. The van der Waals surface area contributed by atoms with E-state index in [2.05, 4.69) is 23.4 Å². The molecule has 2 rings (SSSR count). The number of rotatable bonds is 3. The molecule has 0 bridgehead atoms. The maximum Gasteiger partial charge on any atom is 0.0954 e. The number of fused-ring (bicyclic) bond motifs is 1. The molecule has 0 saturated carbocycles. The van der Waals surface area contributed by atoms with Crippen LogP contribution in [0.25, 0.3) is 0 Å². The van der Waals surface area contributed by atoms with Crippen molar-refractivity contribution in [2.45, 2.75) is 45.6 Å². The summed E-state index contributed by atoms with van der Waals surface area (Å²) >= 11 is 0. The molecule has 0 aromatic carbocycles. The molecule has 84 valence electrons. The zero-order valence-corrected chi connectivity index (χ0v) is 9.74. The van der Waals surface area contributed by atoms with Crippen LogP contribution in [0.15, 0.2) is 6.33 Å². The van der Waals surface area contributed by atoms with E-state index >= 15 is 0 Å². The normalized spacial score (nSPS) is 22.5. The largest absolute Gasteiger partial charge is 0.332 e. The van der Waals surface area contributed by atoms with Crippen molar-refractivity contribution in [2.75, 3.05) is 6.54 Å². The molecule has 2 unspecified atom stereocenters. The molecule has 1 aliphatic rings. The van der Waals surface area contributed by atoms with Gasteiger partial charge in [0, 0.05) is 11.7 Å². The first-order chi connectivity index (χ1) is 7.22. The van der Waals surface area contributed by atoms with E-state index in [-0.39, 0.29) is 0 Å². The number of aromatic nitrogens is 2. The highest BCUT2D eigenvalue weighted by Crippen LogP contribution is 2.26.